The topological polar surface area (TPSA) is 48.9 Å². The Balaban J connectivity index is 0.00000338. The van der Waals surface area contributed by atoms with Crippen molar-refractivity contribution in [3.05, 3.63) is 48.0 Å². The van der Waals surface area contributed by atoms with E-state index in [4.69, 9.17) is 4.74 Å². The second kappa shape index (κ2) is 12.3. The van der Waals surface area contributed by atoms with Gasteiger partial charge in [-0.1, -0.05) is 30.3 Å². The van der Waals surface area contributed by atoms with Gasteiger partial charge in [0.2, 0.25) is 0 Å². The van der Waals surface area contributed by atoms with E-state index in [2.05, 4.69) is 72.1 Å². The molecule has 0 aliphatic carbocycles. The number of nitrogens with one attached hydrogen (secondary N) is 2. The van der Waals surface area contributed by atoms with E-state index >= 15 is 0 Å². The largest absolute Gasteiger partial charge is 0.373 e. The lowest BCUT2D eigenvalue weighted by Gasteiger charge is -2.35. The van der Waals surface area contributed by atoms with Gasteiger partial charge in [-0.15, -0.1) is 30.6 Å². The third-order valence-corrected chi connectivity index (χ3v) is 4.10. The molecule has 0 saturated carbocycles. The SMILES string of the molecule is C=CCNC(=NCc1ccc(CN2CC(C)OC(C)C2)cc1)NCC.I. The fourth-order valence-corrected chi connectivity index (χ4v) is 3.10. The molecule has 2 atom stereocenters. The molecule has 1 aliphatic rings. The average Bonchev–Trinajstić information content (AvgIpc) is 2.58. The highest BCUT2D eigenvalue weighted by Gasteiger charge is 2.21. The van der Waals surface area contributed by atoms with Gasteiger partial charge < -0.3 is 15.4 Å². The molecule has 0 radical (unpaired) electrons. The zero-order valence-corrected chi connectivity index (χ0v) is 18.5. The van der Waals surface area contributed by atoms with Crippen LogP contribution in [-0.2, 0) is 17.8 Å². The highest BCUT2D eigenvalue weighted by atomic mass is 127. The van der Waals surface area contributed by atoms with Gasteiger partial charge in [0.25, 0.3) is 0 Å². The van der Waals surface area contributed by atoms with E-state index in [0.717, 1.165) is 32.1 Å². The number of hydrogen-bond acceptors (Lipinski definition) is 3. The number of halogens is 1. The van der Waals surface area contributed by atoms with Crippen LogP contribution in [0.15, 0.2) is 41.9 Å². The van der Waals surface area contributed by atoms with Crippen molar-refractivity contribution in [1.82, 2.24) is 15.5 Å². The van der Waals surface area contributed by atoms with Crippen LogP contribution in [0.2, 0.25) is 0 Å². The van der Waals surface area contributed by atoms with Crippen molar-refractivity contribution in [1.29, 1.82) is 0 Å². The van der Waals surface area contributed by atoms with Crippen molar-refractivity contribution in [2.45, 2.75) is 46.1 Å². The Bertz CT molecular complexity index is 551. The third kappa shape index (κ3) is 8.05. The summed E-state index contributed by atoms with van der Waals surface area (Å²) in [4.78, 5) is 7.07. The Morgan fingerprint density at radius 1 is 1.19 bits per heavy atom. The molecule has 1 fully saturated rings. The number of nitrogens with zero attached hydrogens (tertiary/aromatic N) is 2. The molecule has 6 heteroatoms. The summed E-state index contributed by atoms with van der Waals surface area (Å²) in [5, 5.41) is 6.45. The maximum atomic E-state index is 5.80. The highest BCUT2D eigenvalue weighted by molar-refractivity contribution is 14.0. The van der Waals surface area contributed by atoms with Crippen LogP contribution in [0, 0.1) is 0 Å². The summed E-state index contributed by atoms with van der Waals surface area (Å²) in [5.41, 5.74) is 2.55. The summed E-state index contributed by atoms with van der Waals surface area (Å²) in [6.07, 6.45) is 2.45. The lowest BCUT2D eigenvalue weighted by molar-refractivity contribution is -0.0704. The maximum Gasteiger partial charge on any atom is 0.191 e. The van der Waals surface area contributed by atoms with Crippen molar-refractivity contribution in [2.24, 2.45) is 4.99 Å². The summed E-state index contributed by atoms with van der Waals surface area (Å²) in [6.45, 7) is 15.3. The minimum Gasteiger partial charge on any atom is -0.373 e. The summed E-state index contributed by atoms with van der Waals surface area (Å²) < 4.78 is 5.80. The number of rotatable bonds is 7. The second-order valence-corrected chi connectivity index (χ2v) is 6.63. The van der Waals surface area contributed by atoms with Gasteiger partial charge in [0, 0.05) is 32.7 Å². The third-order valence-electron chi connectivity index (χ3n) is 4.10. The highest BCUT2D eigenvalue weighted by Crippen LogP contribution is 2.15. The van der Waals surface area contributed by atoms with Crippen LogP contribution in [0.4, 0.5) is 0 Å². The van der Waals surface area contributed by atoms with Crippen molar-refractivity contribution < 1.29 is 4.74 Å². The lowest BCUT2D eigenvalue weighted by atomic mass is 10.1. The van der Waals surface area contributed by atoms with Crippen molar-refractivity contribution in [3.63, 3.8) is 0 Å². The van der Waals surface area contributed by atoms with Crippen molar-refractivity contribution in [2.75, 3.05) is 26.2 Å². The Labute approximate surface area is 175 Å². The van der Waals surface area contributed by atoms with Crippen molar-refractivity contribution in [3.8, 4) is 0 Å². The van der Waals surface area contributed by atoms with Gasteiger partial charge in [-0.3, -0.25) is 4.90 Å². The van der Waals surface area contributed by atoms with E-state index in [1.165, 1.54) is 11.1 Å². The normalized spacial score (nSPS) is 21.0. The predicted octanol–water partition coefficient (Wildman–Crippen LogP) is 3.15. The fourth-order valence-electron chi connectivity index (χ4n) is 3.10. The van der Waals surface area contributed by atoms with Crippen molar-refractivity contribution >= 4 is 29.9 Å². The number of benzene rings is 1. The minimum atomic E-state index is 0. The molecule has 1 aromatic carbocycles. The first-order chi connectivity index (χ1) is 12.1. The molecule has 0 spiro atoms. The molecule has 1 aromatic rings. The number of guanidine groups is 1. The summed E-state index contributed by atoms with van der Waals surface area (Å²) in [5.74, 6) is 0.822. The van der Waals surface area contributed by atoms with E-state index < -0.39 is 0 Å². The molecular weight excluding hydrogens is 439 g/mol. The first kappa shape index (κ1) is 22.9. The lowest BCUT2D eigenvalue weighted by Crippen LogP contribution is -2.44. The number of hydrogen-bond donors (Lipinski definition) is 2. The molecular formula is C20H33IN4O. The Kier molecular flexibility index (Phi) is 10.8. The van der Waals surface area contributed by atoms with E-state index in [9.17, 15) is 0 Å². The molecule has 2 N–H and O–H groups in total. The maximum absolute atomic E-state index is 5.80. The van der Waals surface area contributed by atoms with Crippen LogP contribution < -0.4 is 10.6 Å². The first-order valence-corrected chi connectivity index (χ1v) is 9.19. The zero-order valence-electron chi connectivity index (χ0n) is 16.2. The van der Waals surface area contributed by atoms with Gasteiger partial charge in [-0.2, -0.15) is 0 Å². The number of morpholine rings is 1. The van der Waals surface area contributed by atoms with Gasteiger partial charge in [-0.05, 0) is 31.9 Å². The molecule has 1 aliphatic heterocycles. The fraction of sp³-hybridized carbons (Fsp3) is 0.550. The Morgan fingerprint density at radius 2 is 1.81 bits per heavy atom. The quantitative estimate of drug-likeness (QED) is 0.277. The molecule has 2 unspecified atom stereocenters. The smallest absolute Gasteiger partial charge is 0.191 e. The monoisotopic (exact) mass is 472 g/mol. The summed E-state index contributed by atoms with van der Waals surface area (Å²) >= 11 is 0. The average molecular weight is 472 g/mol. The van der Waals surface area contributed by atoms with Gasteiger partial charge in [-0.25, -0.2) is 4.99 Å². The Hall–Kier alpha value is -1.12. The first-order valence-electron chi connectivity index (χ1n) is 9.19. The molecule has 2 rings (SSSR count). The minimum absolute atomic E-state index is 0. The van der Waals surface area contributed by atoms with Gasteiger partial charge >= 0.3 is 0 Å². The van der Waals surface area contributed by atoms with E-state index in [1.807, 2.05) is 6.08 Å². The predicted molar refractivity (Wildman–Crippen MR) is 120 cm³/mol. The van der Waals surface area contributed by atoms with Gasteiger partial charge in [0.1, 0.15) is 0 Å². The molecule has 0 bridgehead atoms. The zero-order chi connectivity index (χ0) is 18.1. The molecule has 0 aromatic heterocycles. The van der Waals surface area contributed by atoms with Crippen LogP contribution in [0.1, 0.15) is 31.9 Å². The molecule has 146 valence electrons. The van der Waals surface area contributed by atoms with Crippen LogP contribution in [-0.4, -0.2) is 49.2 Å². The van der Waals surface area contributed by atoms with Crippen LogP contribution in [0.3, 0.4) is 0 Å². The molecule has 0 amide bonds. The van der Waals surface area contributed by atoms with Gasteiger partial charge in [0.05, 0.1) is 18.8 Å². The number of aliphatic imine (C=N–C) groups is 1. The molecule has 5 nitrogen and oxygen atoms in total. The molecule has 1 saturated heterocycles. The van der Waals surface area contributed by atoms with Crippen LogP contribution in [0.25, 0.3) is 0 Å². The summed E-state index contributed by atoms with van der Waals surface area (Å²) in [6, 6.07) is 8.76. The standard InChI is InChI=1S/C20H32N4O.HI/c1-5-11-22-20(21-6-2)23-12-18-7-9-19(10-8-18)15-24-13-16(3)25-17(4)14-24;/h5,7-10,16-17H,1,6,11-15H2,2-4H3,(H2,21,22,23);1H. The van der Waals surface area contributed by atoms with E-state index in [0.29, 0.717) is 25.3 Å². The Morgan fingerprint density at radius 3 is 2.38 bits per heavy atom. The van der Waals surface area contributed by atoms with Crippen LogP contribution >= 0.6 is 24.0 Å². The molecule has 26 heavy (non-hydrogen) atoms. The molecule has 1 heterocycles. The number of ether oxygens (including phenoxy) is 1. The second-order valence-electron chi connectivity index (χ2n) is 6.63. The summed E-state index contributed by atoms with van der Waals surface area (Å²) in [7, 11) is 0. The van der Waals surface area contributed by atoms with Crippen LogP contribution in [0.5, 0.6) is 0 Å². The van der Waals surface area contributed by atoms with Gasteiger partial charge in [0.15, 0.2) is 5.96 Å². The van der Waals surface area contributed by atoms with E-state index in [-0.39, 0.29) is 24.0 Å². The van der Waals surface area contributed by atoms with E-state index in [1.54, 1.807) is 0 Å².